The Kier molecular flexibility index (Phi) is 4.97. The van der Waals surface area contributed by atoms with Gasteiger partial charge in [-0.3, -0.25) is 0 Å². The summed E-state index contributed by atoms with van der Waals surface area (Å²) in [6.45, 7) is 6.55. The zero-order valence-electron chi connectivity index (χ0n) is 12.4. The van der Waals surface area contributed by atoms with Crippen LogP contribution in [0.25, 0.3) is 20.2 Å². The number of fused-ring (bicyclic) bond motifs is 2. The van der Waals surface area contributed by atoms with Crippen LogP contribution in [0.5, 0.6) is 0 Å². The van der Waals surface area contributed by atoms with Crippen LogP contribution in [0.4, 0.5) is 0 Å². The fourth-order valence-electron chi connectivity index (χ4n) is 2.32. The highest BCUT2D eigenvalue weighted by Gasteiger charge is 2.14. The van der Waals surface area contributed by atoms with Crippen molar-refractivity contribution >= 4 is 31.5 Å². The summed E-state index contributed by atoms with van der Waals surface area (Å²) in [6.07, 6.45) is 0. The second-order valence-electron chi connectivity index (χ2n) is 5.10. The van der Waals surface area contributed by atoms with Crippen molar-refractivity contribution < 1.29 is 28.9 Å². The molecule has 116 valence electrons. The van der Waals surface area contributed by atoms with Gasteiger partial charge in [-0.15, -0.1) is 10.2 Å². The molecule has 0 aliphatic carbocycles. The van der Waals surface area contributed by atoms with Crippen molar-refractivity contribution in [1.82, 2.24) is 0 Å². The van der Waals surface area contributed by atoms with E-state index in [0.29, 0.717) is 0 Å². The van der Waals surface area contributed by atoms with E-state index in [1.54, 1.807) is 0 Å². The van der Waals surface area contributed by atoms with Gasteiger partial charge in [0.05, 0.1) is 0 Å². The van der Waals surface area contributed by atoms with E-state index >= 15 is 0 Å². The third-order valence-electron chi connectivity index (χ3n) is 3.30. The topological polar surface area (TPSA) is 92.2 Å². The van der Waals surface area contributed by atoms with Crippen LogP contribution < -0.4 is 18.6 Å². The van der Waals surface area contributed by atoms with Gasteiger partial charge in [0, 0.05) is 22.9 Å². The summed E-state index contributed by atoms with van der Waals surface area (Å²) in [6, 6.07) is 13.5. The van der Waals surface area contributed by atoms with Gasteiger partial charge in [-0.1, -0.05) is 23.3 Å². The SMILES string of the molecule is Cc1ccc2[s+]c3ccc(C)cc3c(C)c2c1.[O-][Cl+3]([O-])([O-])[O-]. The van der Waals surface area contributed by atoms with Crippen LogP contribution in [0.1, 0.15) is 16.7 Å². The second kappa shape index (κ2) is 6.42. The van der Waals surface area contributed by atoms with Crippen molar-refractivity contribution in [2.24, 2.45) is 0 Å². The summed E-state index contributed by atoms with van der Waals surface area (Å²) >= 11 is 1.88. The summed E-state index contributed by atoms with van der Waals surface area (Å²) < 4.78 is 36.7. The van der Waals surface area contributed by atoms with E-state index in [2.05, 4.69) is 57.2 Å². The molecule has 0 unspecified atom stereocenters. The fraction of sp³-hybridized carbons (Fsp3) is 0.188. The van der Waals surface area contributed by atoms with Crippen molar-refractivity contribution in [3.8, 4) is 0 Å². The molecule has 0 atom stereocenters. The molecule has 22 heavy (non-hydrogen) atoms. The lowest BCUT2D eigenvalue weighted by Crippen LogP contribution is -2.68. The maximum absolute atomic E-state index is 8.49. The Morgan fingerprint density at radius 1 is 0.727 bits per heavy atom. The van der Waals surface area contributed by atoms with Crippen molar-refractivity contribution in [2.75, 3.05) is 0 Å². The van der Waals surface area contributed by atoms with Crippen LogP contribution in [0.3, 0.4) is 0 Å². The lowest BCUT2D eigenvalue weighted by Gasteiger charge is -2.17. The summed E-state index contributed by atoms with van der Waals surface area (Å²) in [7, 11) is -4.94. The molecule has 0 spiro atoms. The highest BCUT2D eigenvalue weighted by molar-refractivity contribution is 7.24. The molecule has 0 amide bonds. The maximum Gasteiger partial charge on any atom is 0.239 e. The molecule has 2 aromatic carbocycles. The third kappa shape index (κ3) is 4.33. The molecule has 3 aromatic rings. The van der Waals surface area contributed by atoms with Gasteiger partial charge in [-0.05, 0) is 38.5 Å². The maximum atomic E-state index is 8.49. The molecule has 0 saturated carbocycles. The van der Waals surface area contributed by atoms with Gasteiger partial charge in [0.2, 0.25) is 20.7 Å². The van der Waals surface area contributed by atoms with E-state index in [-0.39, 0.29) is 0 Å². The number of hydrogen-bond donors (Lipinski definition) is 0. The van der Waals surface area contributed by atoms with Gasteiger partial charge in [-0.2, -0.15) is 0 Å². The molecule has 0 fully saturated rings. The van der Waals surface area contributed by atoms with E-state index in [1.807, 2.05) is 11.3 Å². The van der Waals surface area contributed by atoms with E-state index in [0.717, 1.165) is 0 Å². The standard InChI is InChI=1S/C16H15S.ClHO4/c1-10-4-6-15-13(8-10)12(3)14-9-11(2)5-7-16(14)17-15;2-1(3,4)5/h4-9H,1-3H3;(H,2,3,4,5)/q+1;/p-1. The minimum absolute atomic E-state index is 1.33. The number of benzene rings is 2. The van der Waals surface area contributed by atoms with Crippen LogP contribution in [-0.4, -0.2) is 0 Å². The molecule has 0 bridgehead atoms. The van der Waals surface area contributed by atoms with Gasteiger partial charge < -0.3 is 0 Å². The summed E-state index contributed by atoms with van der Waals surface area (Å²) in [5.41, 5.74) is 4.07. The van der Waals surface area contributed by atoms with Crippen LogP contribution >= 0.6 is 11.3 Å². The first-order valence-electron chi connectivity index (χ1n) is 6.50. The number of halogens is 1. The molecule has 6 heteroatoms. The highest BCUT2D eigenvalue weighted by Crippen LogP contribution is 2.33. The Morgan fingerprint density at radius 3 is 1.45 bits per heavy atom. The Balaban J connectivity index is 0.000000309. The van der Waals surface area contributed by atoms with Gasteiger partial charge >= 0.3 is 0 Å². The van der Waals surface area contributed by atoms with Crippen molar-refractivity contribution in [2.45, 2.75) is 20.8 Å². The molecular formula is C16H15ClO4S. The minimum atomic E-state index is -4.94. The van der Waals surface area contributed by atoms with Gasteiger partial charge in [0.1, 0.15) is 0 Å². The van der Waals surface area contributed by atoms with Crippen molar-refractivity contribution in [1.29, 1.82) is 0 Å². The molecule has 3 rings (SSSR count). The molecule has 0 aliphatic heterocycles. The van der Waals surface area contributed by atoms with Gasteiger partial charge in [0.25, 0.3) is 0 Å². The van der Waals surface area contributed by atoms with E-state index in [9.17, 15) is 0 Å². The second-order valence-corrected chi connectivity index (χ2v) is 6.94. The largest absolute Gasteiger partial charge is 0.239 e. The Bertz CT molecular complexity index is 762. The normalized spacial score (nSPS) is 11.4. The molecule has 1 aromatic heterocycles. The van der Waals surface area contributed by atoms with Gasteiger partial charge in [0.15, 0.2) is 0 Å². The minimum Gasteiger partial charge on any atom is -0.222 e. The average Bonchev–Trinajstić information content (AvgIpc) is 2.39. The fourth-order valence-corrected chi connectivity index (χ4v) is 3.47. The Labute approximate surface area is 134 Å². The lowest BCUT2D eigenvalue weighted by molar-refractivity contribution is -2.00. The summed E-state index contributed by atoms with van der Waals surface area (Å²) in [5, 5.41) is 2.79. The first-order chi connectivity index (χ1) is 10.1. The van der Waals surface area contributed by atoms with E-state index in [4.69, 9.17) is 18.6 Å². The number of rotatable bonds is 0. The van der Waals surface area contributed by atoms with Crippen molar-refractivity contribution in [3.63, 3.8) is 0 Å². The monoisotopic (exact) mass is 338 g/mol. The van der Waals surface area contributed by atoms with Crippen LogP contribution in [-0.2, 0) is 0 Å². The van der Waals surface area contributed by atoms with E-state index in [1.165, 1.54) is 36.9 Å². The molecular weight excluding hydrogens is 324 g/mol. The van der Waals surface area contributed by atoms with Crippen LogP contribution in [0.2, 0.25) is 0 Å². The van der Waals surface area contributed by atoms with Crippen molar-refractivity contribution in [3.05, 3.63) is 53.1 Å². The molecule has 0 aliphatic rings. The lowest BCUT2D eigenvalue weighted by atomic mass is 10.0. The number of hydrogen-bond acceptors (Lipinski definition) is 4. The first-order valence-corrected chi connectivity index (χ1v) is 8.55. The first kappa shape index (κ1) is 17.0. The predicted octanol–water partition coefficient (Wildman–Crippen LogP) is 0.505. The summed E-state index contributed by atoms with van der Waals surface area (Å²) in [5.74, 6) is 0. The predicted molar refractivity (Wildman–Crippen MR) is 77.9 cm³/mol. The quantitative estimate of drug-likeness (QED) is 0.441. The molecule has 0 radical (unpaired) electrons. The molecule has 1 heterocycles. The molecule has 0 saturated heterocycles. The highest BCUT2D eigenvalue weighted by atomic mass is 35.7. The Hall–Kier alpha value is -1.34. The van der Waals surface area contributed by atoms with Gasteiger partial charge in [-0.25, -0.2) is 18.6 Å². The van der Waals surface area contributed by atoms with Crippen LogP contribution in [0, 0.1) is 31.0 Å². The van der Waals surface area contributed by atoms with E-state index < -0.39 is 10.2 Å². The number of aryl methyl sites for hydroxylation is 3. The summed E-state index contributed by atoms with van der Waals surface area (Å²) in [4.78, 5) is 0. The molecule has 0 N–H and O–H groups in total. The Morgan fingerprint density at radius 2 is 1.09 bits per heavy atom. The smallest absolute Gasteiger partial charge is 0.222 e. The molecule has 4 nitrogen and oxygen atoms in total. The zero-order valence-corrected chi connectivity index (χ0v) is 14.0. The zero-order chi connectivity index (χ0) is 16.5. The third-order valence-corrected chi connectivity index (χ3v) is 4.45. The average molecular weight is 339 g/mol. The van der Waals surface area contributed by atoms with Crippen LogP contribution in [0.15, 0.2) is 36.4 Å².